The minimum atomic E-state index is -0.724. The van der Waals surface area contributed by atoms with Crippen molar-refractivity contribution in [3.63, 3.8) is 0 Å². The Labute approximate surface area is 174 Å². The second-order valence-electron chi connectivity index (χ2n) is 9.97. The number of alkyl carbamates (subject to hydrolysis) is 1. The third-order valence-corrected chi connectivity index (χ3v) is 6.32. The molecule has 0 aromatic rings. The van der Waals surface area contributed by atoms with E-state index >= 15 is 0 Å². The first kappa shape index (κ1) is 21.8. The monoisotopic (exact) mass is 405 g/mol. The maximum absolute atomic E-state index is 13.5. The summed E-state index contributed by atoms with van der Waals surface area (Å²) in [7, 11) is 2.13. The van der Waals surface area contributed by atoms with Crippen molar-refractivity contribution in [2.75, 3.05) is 26.7 Å². The summed E-state index contributed by atoms with van der Waals surface area (Å²) in [5, 5.41) is 12.3. The zero-order valence-electron chi connectivity index (χ0n) is 18.5. The van der Waals surface area contributed by atoms with Crippen LogP contribution in [0.2, 0.25) is 0 Å². The first-order chi connectivity index (χ1) is 13.5. The van der Waals surface area contributed by atoms with E-state index in [2.05, 4.69) is 35.2 Å². The van der Waals surface area contributed by atoms with Crippen molar-refractivity contribution in [2.45, 2.75) is 83.3 Å². The molecular weight excluding hydrogens is 370 g/mol. The molecule has 29 heavy (non-hydrogen) atoms. The molecule has 6 atom stereocenters. The number of hydrogen-bond acceptors (Lipinski definition) is 6. The van der Waals surface area contributed by atoms with Crippen LogP contribution in [0.25, 0.3) is 0 Å². The number of nitrogens with zero attached hydrogens (tertiary/aromatic N) is 4. The van der Waals surface area contributed by atoms with E-state index in [0.29, 0.717) is 24.5 Å². The molecule has 3 aliphatic rings. The van der Waals surface area contributed by atoms with Gasteiger partial charge in [0, 0.05) is 37.8 Å². The Morgan fingerprint density at radius 3 is 2.38 bits per heavy atom. The summed E-state index contributed by atoms with van der Waals surface area (Å²) in [6, 6.07) is 1.94. The Morgan fingerprint density at radius 2 is 1.93 bits per heavy atom. The summed E-state index contributed by atoms with van der Waals surface area (Å²) in [5.41, 5.74) is -0.641. The van der Waals surface area contributed by atoms with Gasteiger partial charge in [-0.3, -0.25) is 9.69 Å². The molecule has 0 radical (unpaired) electrons. The normalized spacial score (nSPS) is 31.1. The van der Waals surface area contributed by atoms with Crippen LogP contribution in [-0.2, 0) is 9.53 Å². The minimum absolute atomic E-state index is 0.0706. The highest BCUT2D eigenvalue weighted by Crippen LogP contribution is 2.37. The van der Waals surface area contributed by atoms with Crippen LogP contribution in [0.1, 0.15) is 47.5 Å². The lowest BCUT2D eigenvalue weighted by molar-refractivity contribution is -0.136. The number of rotatable bonds is 6. The number of amides is 2. The Bertz CT molecular complexity index is 683. The van der Waals surface area contributed by atoms with E-state index in [-0.39, 0.29) is 11.9 Å². The van der Waals surface area contributed by atoms with Gasteiger partial charge in [-0.2, -0.15) is 5.26 Å². The first-order valence-corrected chi connectivity index (χ1v) is 10.7. The fourth-order valence-electron chi connectivity index (χ4n) is 4.62. The molecule has 1 saturated carbocycles. The van der Waals surface area contributed by atoms with Gasteiger partial charge in [-0.05, 0) is 53.5 Å². The Hall–Kier alpha value is -1.85. The summed E-state index contributed by atoms with van der Waals surface area (Å²) >= 11 is 0. The van der Waals surface area contributed by atoms with Crippen molar-refractivity contribution >= 4 is 12.0 Å². The van der Waals surface area contributed by atoms with Gasteiger partial charge in [0.05, 0.1) is 6.07 Å². The van der Waals surface area contributed by atoms with E-state index in [9.17, 15) is 14.9 Å². The van der Waals surface area contributed by atoms with Gasteiger partial charge < -0.3 is 19.9 Å². The van der Waals surface area contributed by atoms with Crippen LogP contribution in [0, 0.1) is 17.2 Å². The number of hydrogen-bond donors (Lipinski definition) is 1. The molecular formula is C21H35N5O3. The van der Waals surface area contributed by atoms with Gasteiger partial charge in [-0.15, -0.1) is 0 Å². The number of nitriles is 1. The van der Waals surface area contributed by atoms with Gasteiger partial charge in [0.15, 0.2) is 0 Å². The van der Waals surface area contributed by atoms with Gasteiger partial charge >= 0.3 is 6.09 Å². The zero-order chi connectivity index (χ0) is 21.5. The molecule has 1 aliphatic carbocycles. The number of likely N-dealkylation sites (tertiary alicyclic amines) is 2. The van der Waals surface area contributed by atoms with Crippen LogP contribution >= 0.6 is 0 Å². The standard InChI is InChI=1S/C21H35N5O3/c1-13-7-18(13)26(14(2)9-22)19(27)17(23-20(28)29-21(3,4)5)12-25-11-15-8-16(25)10-24(15)6/h13-18H,7-8,10-12H2,1-6H3,(H,23,28)/t13?,14?,15-,16?,17?,18?/m0/s1. The number of likely N-dealkylation sites (N-methyl/N-ethyl adjacent to an activating group) is 1. The van der Waals surface area contributed by atoms with Gasteiger partial charge in [-0.1, -0.05) is 6.92 Å². The summed E-state index contributed by atoms with van der Waals surface area (Å²) in [5.74, 6) is 0.198. The van der Waals surface area contributed by atoms with E-state index in [1.807, 2.05) is 0 Å². The van der Waals surface area contributed by atoms with Crippen LogP contribution in [0.3, 0.4) is 0 Å². The molecule has 3 fully saturated rings. The topological polar surface area (TPSA) is 88.9 Å². The minimum Gasteiger partial charge on any atom is -0.444 e. The number of carbonyl (C=O) groups is 2. The van der Waals surface area contributed by atoms with Crippen LogP contribution in [0.5, 0.6) is 0 Å². The van der Waals surface area contributed by atoms with Crippen molar-refractivity contribution in [2.24, 2.45) is 5.92 Å². The van der Waals surface area contributed by atoms with Crippen molar-refractivity contribution in [1.82, 2.24) is 20.0 Å². The maximum Gasteiger partial charge on any atom is 0.408 e. The molecule has 2 bridgehead atoms. The molecule has 1 N–H and O–H groups in total. The number of ether oxygens (including phenoxy) is 1. The van der Waals surface area contributed by atoms with Gasteiger partial charge in [0.25, 0.3) is 0 Å². The van der Waals surface area contributed by atoms with Crippen LogP contribution < -0.4 is 5.32 Å². The molecule has 0 aromatic heterocycles. The third kappa shape index (κ3) is 5.01. The molecule has 3 rings (SSSR count). The molecule has 2 amide bonds. The van der Waals surface area contributed by atoms with Crippen molar-refractivity contribution in [3.8, 4) is 6.07 Å². The fraction of sp³-hybridized carbons (Fsp3) is 0.857. The molecule has 162 valence electrons. The molecule has 8 nitrogen and oxygen atoms in total. The average molecular weight is 406 g/mol. The lowest BCUT2D eigenvalue weighted by Crippen LogP contribution is -2.58. The fourth-order valence-corrected chi connectivity index (χ4v) is 4.62. The lowest BCUT2D eigenvalue weighted by Gasteiger charge is -2.36. The summed E-state index contributed by atoms with van der Waals surface area (Å²) < 4.78 is 5.41. The first-order valence-electron chi connectivity index (χ1n) is 10.7. The number of fused-ring (bicyclic) bond motifs is 2. The van der Waals surface area contributed by atoms with E-state index in [0.717, 1.165) is 25.9 Å². The van der Waals surface area contributed by atoms with Crippen LogP contribution in [0.15, 0.2) is 0 Å². The Balaban J connectivity index is 1.75. The number of piperazine rings is 1. The van der Waals surface area contributed by atoms with E-state index in [4.69, 9.17) is 4.74 Å². The molecule has 2 heterocycles. The maximum atomic E-state index is 13.5. The highest BCUT2D eigenvalue weighted by Gasteiger charge is 2.47. The molecule has 2 aliphatic heterocycles. The average Bonchev–Trinajstić information content (AvgIpc) is 3.01. The Morgan fingerprint density at radius 1 is 1.28 bits per heavy atom. The molecule has 0 spiro atoms. The SMILES string of the molecule is CC1CC1N(C(=O)C(CN1C[C@@H]2CC1CN2C)NC(=O)OC(C)(C)C)C(C)C#N. The lowest BCUT2D eigenvalue weighted by atomic mass is 10.1. The van der Waals surface area contributed by atoms with Gasteiger partial charge in [0.2, 0.25) is 5.91 Å². The predicted molar refractivity (Wildman–Crippen MR) is 109 cm³/mol. The third-order valence-electron chi connectivity index (χ3n) is 6.32. The Kier molecular flexibility index (Phi) is 6.11. The highest BCUT2D eigenvalue weighted by molar-refractivity contribution is 5.87. The molecule has 0 aromatic carbocycles. The van der Waals surface area contributed by atoms with Gasteiger partial charge in [0.1, 0.15) is 17.7 Å². The smallest absolute Gasteiger partial charge is 0.408 e. The second-order valence-corrected chi connectivity index (χ2v) is 9.97. The largest absolute Gasteiger partial charge is 0.444 e. The van der Waals surface area contributed by atoms with Crippen molar-refractivity contribution in [1.29, 1.82) is 5.26 Å². The van der Waals surface area contributed by atoms with Crippen LogP contribution in [-0.4, -0.2) is 89.2 Å². The van der Waals surface area contributed by atoms with E-state index < -0.39 is 23.8 Å². The molecule has 8 heteroatoms. The number of nitrogens with one attached hydrogen (secondary N) is 1. The second kappa shape index (κ2) is 8.11. The summed E-state index contributed by atoms with van der Waals surface area (Å²) in [6.45, 7) is 11.6. The van der Waals surface area contributed by atoms with E-state index in [1.54, 1.807) is 32.6 Å². The quantitative estimate of drug-likeness (QED) is 0.719. The number of carbonyl (C=O) groups excluding carboxylic acids is 2. The predicted octanol–water partition coefficient (Wildman–Crippen LogP) is 1.42. The molecule has 5 unspecified atom stereocenters. The summed E-state index contributed by atoms with van der Waals surface area (Å²) in [4.78, 5) is 32.3. The van der Waals surface area contributed by atoms with E-state index in [1.165, 1.54) is 0 Å². The van der Waals surface area contributed by atoms with Crippen molar-refractivity contribution < 1.29 is 14.3 Å². The van der Waals surface area contributed by atoms with Crippen LogP contribution in [0.4, 0.5) is 4.79 Å². The zero-order valence-corrected chi connectivity index (χ0v) is 18.5. The van der Waals surface area contributed by atoms with Crippen molar-refractivity contribution in [3.05, 3.63) is 0 Å². The summed E-state index contributed by atoms with van der Waals surface area (Å²) in [6.07, 6.45) is 1.41. The van der Waals surface area contributed by atoms with Gasteiger partial charge in [-0.25, -0.2) is 4.79 Å². The highest BCUT2D eigenvalue weighted by atomic mass is 16.6. The molecule has 2 saturated heterocycles.